The Morgan fingerprint density at radius 1 is 1.22 bits per heavy atom. The molecule has 0 atom stereocenters. The summed E-state index contributed by atoms with van der Waals surface area (Å²) in [4.78, 5) is 11.0. The number of sulfonamides is 1. The van der Waals surface area contributed by atoms with Crippen LogP contribution in [0.5, 0.6) is 0 Å². The van der Waals surface area contributed by atoms with E-state index < -0.39 is 16.2 Å². The minimum Gasteiger partial charge on any atom is -0.438 e. The van der Waals surface area contributed by atoms with Crippen LogP contribution in [-0.2, 0) is 19.5 Å². The maximum absolute atomic E-state index is 12.6. The number of rotatable bonds is 8. The molecule has 0 aliphatic carbocycles. The van der Waals surface area contributed by atoms with Crippen LogP contribution in [0.3, 0.4) is 0 Å². The third kappa shape index (κ3) is 5.88. The summed E-state index contributed by atoms with van der Waals surface area (Å²) in [6, 6.07) is 6.65. The first kappa shape index (κ1) is 18.9. The van der Waals surface area contributed by atoms with Crippen molar-refractivity contribution in [1.29, 1.82) is 0 Å². The highest BCUT2D eigenvalue weighted by molar-refractivity contribution is 7.89. The first-order valence-electron chi connectivity index (χ1n) is 6.95. The maximum Gasteiger partial charge on any atom is 0.508 e. The Morgan fingerprint density at radius 3 is 2.43 bits per heavy atom. The minimum absolute atomic E-state index is 0.0131. The van der Waals surface area contributed by atoms with Crippen molar-refractivity contribution in [3.63, 3.8) is 0 Å². The van der Waals surface area contributed by atoms with Crippen molar-refractivity contribution >= 4 is 16.2 Å². The SMILES string of the molecule is C=CCN(C/C=C/COC(=O)OC)S(=O)(=O)c1ccc(C)cc1. The van der Waals surface area contributed by atoms with E-state index in [0.29, 0.717) is 0 Å². The lowest BCUT2D eigenvalue weighted by Gasteiger charge is -2.19. The number of carbonyl (C=O) groups excluding carboxylic acids is 1. The van der Waals surface area contributed by atoms with E-state index in [2.05, 4.69) is 16.1 Å². The van der Waals surface area contributed by atoms with Crippen LogP contribution < -0.4 is 0 Å². The van der Waals surface area contributed by atoms with Crippen LogP contribution in [0.15, 0.2) is 54.0 Å². The largest absolute Gasteiger partial charge is 0.508 e. The fourth-order valence-corrected chi connectivity index (χ4v) is 3.07. The molecule has 0 saturated heterocycles. The van der Waals surface area contributed by atoms with Gasteiger partial charge in [-0.1, -0.05) is 29.8 Å². The highest BCUT2D eigenvalue weighted by Crippen LogP contribution is 2.16. The topological polar surface area (TPSA) is 72.9 Å². The smallest absolute Gasteiger partial charge is 0.438 e. The average Bonchev–Trinajstić information content (AvgIpc) is 2.53. The Hall–Kier alpha value is -2.12. The van der Waals surface area contributed by atoms with E-state index in [1.165, 1.54) is 17.5 Å². The summed E-state index contributed by atoms with van der Waals surface area (Å²) in [5, 5.41) is 0. The molecule has 0 unspecified atom stereocenters. The van der Waals surface area contributed by atoms with Crippen molar-refractivity contribution in [1.82, 2.24) is 4.31 Å². The Bertz CT molecular complexity index is 650. The summed E-state index contributed by atoms with van der Waals surface area (Å²) in [5.41, 5.74) is 0.985. The zero-order valence-corrected chi connectivity index (χ0v) is 14.1. The number of aryl methyl sites for hydroxylation is 1. The second-order valence-corrected chi connectivity index (χ2v) is 6.60. The number of hydrogen-bond acceptors (Lipinski definition) is 5. The third-order valence-corrected chi connectivity index (χ3v) is 4.78. The standard InChI is InChI=1S/C16H21NO5S/c1-4-11-17(12-5-6-13-22-16(18)21-3)23(19,20)15-9-7-14(2)8-10-15/h4-10H,1,11-13H2,2-3H3/b6-5+. The Morgan fingerprint density at radius 2 is 1.87 bits per heavy atom. The van der Waals surface area contributed by atoms with E-state index in [4.69, 9.17) is 0 Å². The molecule has 126 valence electrons. The molecule has 7 heteroatoms. The van der Waals surface area contributed by atoms with E-state index in [-0.39, 0.29) is 24.6 Å². The molecule has 1 rings (SSSR count). The van der Waals surface area contributed by atoms with Crippen molar-refractivity contribution in [3.05, 3.63) is 54.6 Å². The molecule has 0 fully saturated rings. The van der Waals surface area contributed by atoms with Gasteiger partial charge in [-0.3, -0.25) is 0 Å². The van der Waals surface area contributed by atoms with E-state index in [9.17, 15) is 13.2 Å². The second-order valence-electron chi connectivity index (χ2n) is 4.66. The quantitative estimate of drug-likeness (QED) is 0.537. The Balaban J connectivity index is 2.76. The predicted octanol–water partition coefficient (Wildman–Crippen LogP) is 2.51. The lowest BCUT2D eigenvalue weighted by Crippen LogP contribution is -2.31. The third-order valence-electron chi connectivity index (χ3n) is 2.93. The fourth-order valence-electron chi connectivity index (χ4n) is 1.71. The number of benzene rings is 1. The molecule has 6 nitrogen and oxygen atoms in total. The van der Waals surface area contributed by atoms with E-state index >= 15 is 0 Å². The van der Waals surface area contributed by atoms with Gasteiger partial charge in [0.15, 0.2) is 0 Å². The van der Waals surface area contributed by atoms with Crippen molar-refractivity contribution in [2.24, 2.45) is 0 Å². The van der Waals surface area contributed by atoms with Gasteiger partial charge in [-0.15, -0.1) is 6.58 Å². The summed E-state index contributed by atoms with van der Waals surface area (Å²) in [6.07, 6.45) is 3.89. The van der Waals surface area contributed by atoms with Crippen LogP contribution in [0.25, 0.3) is 0 Å². The number of carbonyl (C=O) groups is 1. The molecule has 0 aliphatic rings. The van der Waals surface area contributed by atoms with Gasteiger partial charge in [-0.05, 0) is 25.1 Å². The van der Waals surface area contributed by atoms with Crippen LogP contribution in [0.2, 0.25) is 0 Å². The second kappa shape index (κ2) is 9.12. The summed E-state index contributed by atoms with van der Waals surface area (Å²) >= 11 is 0. The van der Waals surface area contributed by atoms with Crippen molar-refractivity contribution in [2.45, 2.75) is 11.8 Å². The Labute approximate surface area is 137 Å². The van der Waals surface area contributed by atoms with E-state index in [1.54, 1.807) is 36.4 Å². The van der Waals surface area contributed by atoms with Gasteiger partial charge >= 0.3 is 6.16 Å². The molecule has 0 aliphatic heterocycles. The lowest BCUT2D eigenvalue weighted by atomic mass is 10.2. The summed E-state index contributed by atoms with van der Waals surface area (Å²) in [7, 11) is -2.40. The molecular formula is C16H21NO5S. The highest BCUT2D eigenvalue weighted by Gasteiger charge is 2.22. The number of nitrogens with zero attached hydrogens (tertiary/aromatic N) is 1. The molecule has 0 spiro atoms. The molecule has 0 N–H and O–H groups in total. The molecule has 0 bridgehead atoms. The molecule has 0 amide bonds. The first-order valence-corrected chi connectivity index (χ1v) is 8.39. The van der Waals surface area contributed by atoms with Gasteiger partial charge in [0, 0.05) is 13.1 Å². The lowest BCUT2D eigenvalue weighted by molar-refractivity contribution is 0.0817. The van der Waals surface area contributed by atoms with Gasteiger partial charge in [0.25, 0.3) is 0 Å². The van der Waals surface area contributed by atoms with Gasteiger partial charge < -0.3 is 9.47 Å². The molecule has 0 radical (unpaired) electrons. The molecular weight excluding hydrogens is 318 g/mol. The van der Waals surface area contributed by atoms with E-state index in [0.717, 1.165) is 5.56 Å². The zero-order valence-electron chi connectivity index (χ0n) is 13.3. The average molecular weight is 339 g/mol. The molecule has 0 saturated carbocycles. The maximum atomic E-state index is 12.6. The zero-order chi connectivity index (χ0) is 17.3. The molecule has 0 heterocycles. The van der Waals surface area contributed by atoms with E-state index in [1.807, 2.05) is 6.92 Å². The van der Waals surface area contributed by atoms with Crippen molar-refractivity contribution in [2.75, 3.05) is 26.8 Å². The minimum atomic E-state index is -3.61. The predicted molar refractivity (Wildman–Crippen MR) is 87.6 cm³/mol. The van der Waals surface area contributed by atoms with Gasteiger partial charge in [-0.25, -0.2) is 13.2 Å². The summed E-state index contributed by atoms with van der Waals surface area (Å²) in [5.74, 6) is 0. The number of ether oxygens (including phenoxy) is 2. The molecule has 0 aromatic heterocycles. The highest BCUT2D eigenvalue weighted by atomic mass is 32.2. The monoisotopic (exact) mass is 339 g/mol. The summed E-state index contributed by atoms with van der Waals surface area (Å²) in [6.45, 7) is 5.81. The first-order chi connectivity index (χ1) is 10.9. The van der Waals surface area contributed by atoms with Crippen LogP contribution in [-0.4, -0.2) is 45.7 Å². The van der Waals surface area contributed by atoms with Gasteiger partial charge in [-0.2, -0.15) is 4.31 Å². The summed E-state index contributed by atoms with van der Waals surface area (Å²) < 4.78 is 35.5. The van der Waals surface area contributed by atoms with Gasteiger partial charge in [0.05, 0.1) is 12.0 Å². The van der Waals surface area contributed by atoms with Gasteiger partial charge in [0.1, 0.15) is 6.61 Å². The molecule has 1 aromatic carbocycles. The number of hydrogen-bond donors (Lipinski definition) is 0. The van der Waals surface area contributed by atoms with Crippen LogP contribution in [0, 0.1) is 6.92 Å². The van der Waals surface area contributed by atoms with Crippen LogP contribution in [0.1, 0.15) is 5.56 Å². The molecule has 23 heavy (non-hydrogen) atoms. The Kier molecular flexibility index (Phi) is 7.50. The van der Waals surface area contributed by atoms with Crippen LogP contribution >= 0.6 is 0 Å². The normalized spacial score (nSPS) is 11.6. The number of methoxy groups -OCH3 is 1. The van der Waals surface area contributed by atoms with Crippen molar-refractivity contribution < 1.29 is 22.7 Å². The van der Waals surface area contributed by atoms with Crippen molar-refractivity contribution in [3.8, 4) is 0 Å². The van der Waals surface area contributed by atoms with Crippen LogP contribution in [0.4, 0.5) is 4.79 Å². The molecule has 1 aromatic rings. The fraction of sp³-hybridized carbons (Fsp3) is 0.312. The van der Waals surface area contributed by atoms with Gasteiger partial charge in [0.2, 0.25) is 10.0 Å².